The second-order valence-corrected chi connectivity index (χ2v) is 3.57. The number of rotatable bonds is 2. The van der Waals surface area contributed by atoms with E-state index in [4.69, 9.17) is 4.74 Å². The molecule has 0 aromatic heterocycles. The zero-order chi connectivity index (χ0) is 11.8. The van der Waals surface area contributed by atoms with Crippen LogP contribution in [0.5, 0.6) is 0 Å². The molecule has 1 aromatic rings. The number of fused-ring (bicyclic) bond motifs is 1. The Labute approximate surface area is 93.0 Å². The van der Waals surface area contributed by atoms with Crippen molar-refractivity contribution >= 4 is 11.7 Å². The lowest BCUT2D eigenvalue weighted by Crippen LogP contribution is -2.47. The first-order chi connectivity index (χ1) is 7.59. The van der Waals surface area contributed by atoms with Gasteiger partial charge < -0.3 is 9.75 Å². The lowest BCUT2D eigenvalue weighted by atomic mass is 10.1. The van der Waals surface area contributed by atoms with Gasteiger partial charge in [0.2, 0.25) is 0 Å². The highest BCUT2D eigenvalue weighted by atomic mass is 19.1. The number of halogens is 1. The largest absolute Gasteiger partial charge is 0.462 e. The maximum absolute atomic E-state index is 14.5. The maximum Gasteiger partial charge on any atom is 0.365 e. The van der Waals surface area contributed by atoms with Crippen molar-refractivity contribution in [2.24, 2.45) is 0 Å². The van der Waals surface area contributed by atoms with Gasteiger partial charge in [-0.25, -0.2) is 9.18 Å². The van der Waals surface area contributed by atoms with E-state index in [-0.39, 0.29) is 12.2 Å². The summed E-state index contributed by atoms with van der Waals surface area (Å²) >= 11 is 0. The Morgan fingerprint density at radius 3 is 2.94 bits per heavy atom. The monoisotopic (exact) mass is 224 g/mol. The number of carbonyl (C=O) groups is 1. The number of alkyl halides is 1. The van der Waals surface area contributed by atoms with Crippen LogP contribution in [0.25, 0.3) is 0 Å². The van der Waals surface area contributed by atoms with Crippen LogP contribution >= 0.6 is 0 Å². The number of nitrogens with zero attached hydrogens (tertiary/aromatic N) is 1. The molecule has 1 unspecified atom stereocenters. The van der Waals surface area contributed by atoms with Crippen molar-refractivity contribution in [3.8, 4) is 0 Å². The van der Waals surface area contributed by atoms with Crippen LogP contribution in [0, 0.1) is 0 Å². The van der Waals surface area contributed by atoms with Gasteiger partial charge >= 0.3 is 11.8 Å². The van der Waals surface area contributed by atoms with Crippen LogP contribution in [0.15, 0.2) is 24.3 Å². The third-order valence-electron chi connectivity index (χ3n) is 2.52. The lowest BCUT2D eigenvalue weighted by molar-refractivity contribution is -0.160. The van der Waals surface area contributed by atoms with E-state index < -0.39 is 11.8 Å². The first kappa shape index (κ1) is 10.9. The van der Waals surface area contributed by atoms with Crippen LogP contribution in [0.3, 0.4) is 0 Å². The number of anilines is 1. The summed E-state index contributed by atoms with van der Waals surface area (Å²) in [7, 11) is 1.65. The molecule has 0 radical (unpaired) electrons. The summed E-state index contributed by atoms with van der Waals surface area (Å²) in [5, 5.41) is 1.48. The van der Waals surface area contributed by atoms with Gasteiger partial charge in [-0.15, -0.1) is 0 Å². The maximum atomic E-state index is 14.5. The van der Waals surface area contributed by atoms with Crippen LogP contribution in [-0.4, -0.2) is 19.6 Å². The van der Waals surface area contributed by atoms with E-state index >= 15 is 0 Å². The number of benzene rings is 1. The van der Waals surface area contributed by atoms with Crippen LogP contribution in [0.2, 0.25) is 0 Å². The molecule has 4 nitrogen and oxygen atoms in total. The molecule has 0 saturated heterocycles. The number of hydrazine groups is 1. The summed E-state index contributed by atoms with van der Waals surface area (Å²) in [5.74, 6) is -3.19. The molecule has 1 atom stereocenters. The minimum atomic E-state index is -2.28. The first-order valence-electron chi connectivity index (χ1n) is 5.06. The van der Waals surface area contributed by atoms with E-state index in [9.17, 15) is 9.18 Å². The Bertz CT molecular complexity index is 424. The fraction of sp³-hybridized carbons (Fsp3) is 0.364. The number of hydrogen-bond donors (Lipinski definition) is 1. The van der Waals surface area contributed by atoms with E-state index in [0.717, 1.165) is 0 Å². The second kappa shape index (κ2) is 3.75. The highest BCUT2D eigenvalue weighted by molar-refractivity contribution is 5.85. The van der Waals surface area contributed by atoms with E-state index in [2.05, 4.69) is 5.43 Å². The first-order valence-corrected chi connectivity index (χ1v) is 5.06. The molecule has 86 valence electrons. The molecule has 0 spiro atoms. The highest BCUT2D eigenvalue weighted by Gasteiger charge is 2.49. The van der Waals surface area contributed by atoms with Crippen molar-refractivity contribution in [2.75, 3.05) is 18.7 Å². The predicted octanol–water partition coefficient (Wildman–Crippen LogP) is 1.33. The van der Waals surface area contributed by atoms with Gasteiger partial charge in [0.25, 0.3) is 0 Å². The standard InChI is InChI=1S/C11H13FN2O2/c1-3-16-10(15)11(12)8-6-4-5-7-9(8)14(2)13-11/h4-7,13H,3H2,1-2H3. The van der Waals surface area contributed by atoms with Crippen LogP contribution in [-0.2, 0) is 15.3 Å². The van der Waals surface area contributed by atoms with Crippen molar-refractivity contribution in [1.82, 2.24) is 5.43 Å². The summed E-state index contributed by atoms with van der Waals surface area (Å²) in [6.45, 7) is 1.80. The molecule has 0 aliphatic carbocycles. The molecule has 1 heterocycles. The third kappa shape index (κ3) is 1.44. The Balaban J connectivity index is 2.42. The second-order valence-electron chi connectivity index (χ2n) is 3.57. The van der Waals surface area contributed by atoms with Crippen LogP contribution in [0.1, 0.15) is 12.5 Å². The molecule has 1 N–H and O–H groups in total. The zero-order valence-electron chi connectivity index (χ0n) is 9.16. The molecule has 5 heteroatoms. The molecular weight excluding hydrogens is 211 g/mol. The predicted molar refractivity (Wildman–Crippen MR) is 57.4 cm³/mol. The van der Waals surface area contributed by atoms with Crippen LogP contribution < -0.4 is 10.4 Å². The quantitative estimate of drug-likeness (QED) is 0.607. The molecule has 1 aromatic carbocycles. The van der Waals surface area contributed by atoms with E-state index in [1.165, 1.54) is 5.01 Å². The highest BCUT2D eigenvalue weighted by Crippen LogP contribution is 2.38. The summed E-state index contributed by atoms with van der Waals surface area (Å²) in [4.78, 5) is 11.6. The van der Waals surface area contributed by atoms with E-state index in [0.29, 0.717) is 5.69 Å². The average Bonchev–Trinajstić information content (AvgIpc) is 2.54. The Hall–Kier alpha value is -1.62. The topological polar surface area (TPSA) is 41.6 Å². The van der Waals surface area contributed by atoms with Crippen molar-refractivity contribution in [1.29, 1.82) is 0 Å². The number of nitrogens with one attached hydrogen (secondary N) is 1. The fourth-order valence-electron chi connectivity index (χ4n) is 1.80. The summed E-state index contributed by atoms with van der Waals surface area (Å²) in [6, 6.07) is 6.78. The van der Waals surface area contributed by atoms with E-state index in [1.807, 2.05) is 0 Å². The van der Waals surface area contributed by atoms with Gasteiger partial charge in [0.15, 0.2) is 0 Å². The number of ether oxygens (including phenoxy) is 1. The molecule has 0 bridgehead atoms. The van der Waals surface area contributed by atoms with Crippen molar-refractivity contribution in [3.05, 3.63) is 29.8 Å². The van der Waals surface area contributed by atoms with Gasteiger partial charge in [-0.1, -0.05) is 18.2 Å². The van der Waals surface area contributed by atoms with Crippen molar-refractivity contribution < 1.29 is 13.9 Å². The van der Waals surface area contributed by atoms with Gasteiger partial charge in [-0.05, 0) is 13.0 Å². The third-order valence-corrected chi connectivity index (χ3v) is 2.52. The molecule has 2 rings (SSSR count). The normalized spacial score (nSPS) is 23.1. The van der Waals surface area contributed by atoms with Crippen LogP contribution in [0.4, 0.5) is 10.1 Å². The Morgan fingerprint density at radius 1 is 1.56 bits per heavy atom. The fourth-order valence-corrected chi connectivity index (χ4v) is 1.80. The Kier molecular flexibility index (Phi) is 2.55. The molecule has 1 aliphatic heterocycles. The van der Waals surface area contributed by atoms with Crippen molar-refractivity contribution in [2.45, 2.75) is 12.7 Å². The van der Waals surface area contributed by atoms with Gasteiger partial charge in [0, 0.05) is 12.6 Å². The lowest BCUT2D eigenvalue weighted by Gasteiger charge is -2.19. The molecule has 0 fully saturated rings. The van der Waals surface area contributed by atoms with Crippen molar-refractivity contribution in [3.63, 3.8) is 0 Å². The molecule has 0 amide bonds. The van der Waals surface area contributed by atoms with Gasteiger partial charge in [0.05, 0.1) is 12.3 Å². The summed E-state index contributed by atoms with van der Waals surface area (Å²) in [5.41, 5.74) is 3.40. The number of carbonyl (C=O) groups excluding carboxylic acids is 1. The van der Waals surface area contributed by atoms with Gasteiger partial charge in [-0.3, -0.25) is 0 Å². The molecular formula is C11H13FN2O2. The SMILES string of the molecule is CCOC(=O)C1(F)NN(C)c2ccccc21. The number of hydrogen-bond acceptors (Lipinski definition) is 4. The number of esters is 1. The number of para-hydroxylation sites is 1. The molecule has 16 heavy (non-hydrogen) atoms. The minimum Gasteiger partial charge on any atom is -0.462 e. The smallest absolute Gasteiger partial charge is 0.365 e. The summed E-state index contributed by atoms with van der Waals surface area (Å²) in [6.07, 6.45) is 0. The summed E-state index contributed by atoms with van der Waals surface area (Å²) < 4.78 is 19.2. The van der Waals surface area contributed by atoms with E-state index in [1.54, 1.807) is 38.2 Å². The van der Waals surface area contributed by atoms with Gasteiger partial charge in [-0.2, -0.15) is 5.43 Å². The van der Waals surface area contributed by atoms with Gasteiger partial charge in [0.1, 0.15) is 0 Å². The average molecular weight is 224 g/mol. The molecule has 1 aliphatic rings. The minimum absolute atomic E-state index is 0.151. The zero-order valence-corrected chi connectivity index (χ0v) is 9.16. The Morgan fingerprint density at radius 2 is 2.25 bits per heavy atom. The molecule has 0 saturated carbocycles.